The Morgan fingerprint density at radius 2 is 2.40 bits per heavy atom. The van der Waals surface area contributed by atoms with Crippen molar-refractivity contribution in [3.8, 4) is 0 Å². The lowest BCUT2D eigenvalue weighted by atomic mass is 11.5. The monoisotopic (exact) mass is 90.0 g/mol. The molecule has 0 spiro atoms. The Bertz CT molecular complexity index is 46.8. The first-order valence-electron chi connectivity index (χ1n) is 1.32. The number of hydrogen-bond acceptors (Lipinski definition) is 2. The van der Waals surface area contributed by atoms with Crippen molar-refractivity contribution in [2.45, 2.75) is 0 Å². The van der Waals surface area contributed by atoms with Crippen molar-refractivity contribution < 1.29 is 11.0 Å². The van der Waals surface area contributed by atoms with Crippen LogP contribution in [0.5, 0.6) is 0 Å². The second kappa shape index (κ2) is 2.25. The van der Waals surface area contributed by atoms with Gasteiger partial charge in [0.15, 0.2) is 4.83 Å². The van der Waals surface area contributed by atoms with Crippen LogP contribution < -0.4 is 0 Å². The van der Waals surface area contributed by atoms with E-state index in [0.29, 0.717) is 16.3 Å². The summed E-state index contributed by atoms with van der Waals surface area (Å²) in [5.41, 5.74) is 0. The Balaban J connectivity index is 0. The molecule has 0 aliphatic carbocycles. The third kappa shape index (κ3) is 4.00. The first-order chi connectivity index (χ1) is 2.27. The number of carbonyl (C=O) groups excluding carboxylic acids is 1. The molecule has 0 radical (unpaired) electrons. The van der Waals surface area contributed by atoms with Gasteiger partial charge in [0.1, 0.15) is 0 Å². The third-order valence-corrected chi connectivity index (χ3v) is 0.696. The summed E-state index contributed by atoms with van der Waals surface area (Å²) in [5, 5.41) is 0. The van der Waals surface area contributed by atoms with E-state index in [9.17, 15) is 4.79 Å². The van der Waals surface area contributed by atoms with Crippen LogP contribution in [0.25, 0.3) is 0 Å². The van der Waals surface area contributed by atoms with Gasteiger partial charge in [0.05, 0.1) is 7.11 Å². The van der Waals surface area contributed by atoms with Crippen molar-refractivity contribution in [3.63, 3.8) is 0 Å². The van der Waals surface area contributed by atoms with Crippen molar-refractivity contribution in [1.29, 1.82) is 0 Å². The van der Waals surface area contributed by atoms with Crippen LogP contribution in [0, 0.1) is 0 Å². The molecule has 0 saturated carbocycles. The summed E-state index contributed by atoms with van der Waals surface area (Å²) in [5.74, 6) is 0. The molecule has 0 aromatic carbocycles. The minimum Gasteiger partial charge on any atom is -0.484 e. The highest BCUT2D eigenvalue weighted by Crippen LogP contribution is 1.59. The summed E-state index contributed by atoms with van der Waals surface area (Å²) in [6, 6.07) is 0. The molecule has 0 heterocycles. The maximum absolute atomic E-state index is 9.65. The van der Waals surface area contributed by atoms with Crippen LogP contribution in [0.1, 0.15) is 1.43 Å². The SMILES string of the molecule is CO[C](=O)[AlH2].[HH]. The quantitative estimate of drug-likeness (QED) is 0.379. The van der Waals surface area contributed by atoms with E-state index in [4.69, 9.17) is 0 Å². The topological polar surface area (TPSA) is 26.3 Å². The van der Waals surface area contributed by atoms with Crippen LogP contribution in [0.15, 0.2) is 0 Å². The smallest absolute Gasteiger partial charge is 0.388 e. The average molecular weight is 90.1 g/mol. The summed E-state index contributed by atoms with van der Waals surface area (Å²) < 4.78 is 4.17. The molecule has 0 N–H and O–H groups in total. The lowest BCUT2D eigenvalue weighted by Crippen LogP contribution is -1.92. The molecule has 0 amide bonds. The Hall–Kier alpha value is 0.00247. The first kappa shape index (κ1) is 5.00. The number of hydrogen-bond donors (Lipinski definition) is 0. The van der Waals surface area contributed by atoms with Gasteiger partial charge in [0, 0.05) is 1.43 Å². The standard InChI is InChI=1S/C2H3O2.Al.H2.2H/c1-4-2-3;;;;/h1H3;;1H;;. The van der Waals surface area contributed by atoms with Crippen LogP contribution in [0.3, 0.4) is 0 Å². The third-order valence-electron chi connectivity index (χ3n) is 0.287. The molecule has 0 fully saturated rings. The summed E-state index contributed by atoms with van der Waals surface area (Å²) in [6.45, 7) is 0. The summed E-state index contributed by atoms with van der Waals surface area (Å²) in [7, 11) is 1.38. The maximum Gasteiger partial charge on any atom is 0.388 e. The highest BCUT2D eigenvalue weighted by molar-refractivity contribution is 6.55. The van der Waals surface area contributed by atoms with Crippen LogP contribution in [-0.4, -0.2) is 28.2 Å². The molecule has 0 aromatic rings. The lowest BCUT2D eigenvalue weighted by Gasteiger charge is -1.82. The minimum absolute atomic E-state index is 0. The van der Waals surface area contributed by atoms with Crippen LogP contribution >= 0.6 is 0 Å². The molecule has 0 aromatic heterocycles. The van der Waals surface area contributed by atoms with Gasteiger partial charge in [-0.15, -0.1) is 0 Å². The fourth-order valence-corrected chi connectivity index (χ4v) is 0. The molecule has 5 heavy (non-hydrogen) atoms. The summed E-state index contributed by atoms with van der Waals surface area (Å²) in [6.07, 6.45) is 0. The zero-order valence-electron chi connectivity index (χ0n) is 3.32. The maximum atomic E-state index is 9.65. The van der Waals surface area contributed by atoms with Crippen LogP contribution in [-0.2, 0) is 4.74 Å². The van der Waals surface area contributed by atoms with Gasteiger partial charge in [-0.3, -0.25) is 4.79 Å². The van der Waals surface area contributed by atoms with Gasteiger partial charge < -0.3 is 4.74 Å². The molecule has 0 unspecified atom stereocenters. The molecule has 0 atom stereocenters. The zero-order valence-corrected chi connectivity index (χ0v) is 5.32. The highest BCUT2D eigenvalue weighted by atomic mass is 27.0. The molecular formula is C2H7AlO2. The first-order valence-corrected chi connectivity index (χ1v) is 2.32. The van der Waals surface area contributed by atoms with Gasteiger partial charge >= 0.3 is 16.3 Å². The van der Waals surface area contributed by atoms with E-state index in [-0.39, 0.29) is 6.26 Å². The van der Waals surface area contributed by atoms with E-state index in [1.165, 1.54) is 7.11 Å². The van der Waals surface area contributed by atoms with Gasteiger partial charge in [-0.05, 0) is 0 Å². The molecule has 2 nitrogen and oxygen atoms in total. The summed E-state index contributed by atoms with van der Waals surface area (Å²) in [4.78, 5) is 9.55. The molecule has 0 rings (SSSR count). The number of carbonyl (C=O) groups is 1. The van der Waals surface area contributed by atoms with Crippen molar-refractivity contribution in [3.05, 3.63) is 0 Å². The van der Waals surface area contributed by atoms with Gasteiger partial charge in [-0.25, -0.2) is 0 Å². The Morgan fingerprint density at radius 1 is 2.20 bits per heavy atom. The lowest BCUT2D eigenvalue weighted by molar-refractivity contribution is 0.198. The van der Waals surface area contributed by atoms with Gasteiger partial charge in [-0.1, -0.05) is 0 Å². The van der Waals surface area contributed by atoms with Crippen molar-refractivity contribution in [2.24, 2.45) is 0 Å². The predicted octanol–water partition coefficient (Wildman–Crippen LogP) is -0.368. The van der Waals surface area contributed by atoms with Gasteiger partial charge in [0.25, 0.3) is 0 Å². The fourth-order valence-electron chi connectivity index (χ4n) is 0. The van der Waals surface area contributed by atoms with E-state index in [2.05, 4.69) is 4.74 Å². The molecule has 3 heteroatoms. The van der Waals surface area contributed by atoms with E-state index in [0.717, 1.165) is 0 Å². The zero-order chi connectivity index (χ0) is 4.28. The Labute approximate surface area is 40.0 Å². The molecular weight excluding hydrogens is 83.0 g/mol. The fraction of sp³-hybridized carbons (Fsp3) is 0.500. The molecule has 0 bridgehead atoms. The molecule has 0 aliphatic heterocycles. The predicted molar refractivity (Wildman–Crippen MR) is 23.1 cm³/mol. The van der Waals surface area contributed by atoms with E-state index < -0.39 is 0 Å². The van der Waals surface area contributed by atoms with Crippen molar-refractivity contribution in [1.82, 2.24) is 0 Å². The van der Waals surface area contributed by atoms with Crippen molar-refractivity contribution >= 4 is 21.1 Å². The molecule has 0 saturated heterocycles. The normalized spacial score (nSPS) is 6.60. The Morgan fingerprint density at radius 3 is 2.40 bits per heavy atom. The van der Waals surface area contributed by atoms with Crippen molar-refractivity contribution in [2.75, 3.05) is 7.11 Å². The minimum atomic E-state index is -0.106. The second-order valence-corrected chi connectivity index (χ2v) is 1.51. The number of rotatable bonds is 0. The average Bonchev–Trinajstić information content (AvgIpc) is 1.38. The number of methoxy groups -OCH3 is 1. The summed E-state index contributed by atoms with van der Waals surface area (Å²) >= 11 is 0.508. The van der Waals surface area contributed by atoms with E-state index in [1.54, 1.807) is 0 Å². The number of ether oxygens (including phenoxy) is 1. The largest absolute Gasteiger partial charge is 0.484 e. The Kier molecular flexibility index (Phi) is 2.25. The van der Waals surface area contributed by atoms with Crippen LogP contribution in [0.2, 0.25) is 0 Å². The molecule has 30 valence electrons. The van der Waals surface area contributed by atoms with Crippen LogP contribution in [0.4, 0.5) is 4.79 Å². The second-order valence-electron chi connectivity index (χ2n) is 0.696. The van der Waals surface area contributed by atoms with Gasteiger partial charge in [0.2, 0.25) is 0 Å². The van der Waals surface area contributed by atoms with E-state index in [1.807, 2.05) is 0 Å². The van der Waals surface area contributed by atoms with E-state index >= 15 is 0 Å². The highest BCUT2D eigenvalue weighted by Gasteiger charge is 1.76. The molecule has 0 aliphatic rings. The van der Waals surface area contributed by atoms with Gasteiger partial charge in [-0.2, -0.15) is 0 Å².